The molecule has 0 spiro atoms. The highest BCUT2D eigenvalue weighted by molar-refractivity contribution is 6.33. The minimum Gasteiger partial charge on any atom is -0.483 e. The summed E-state index contributed by atoms with van der Waals surface area (Å²) in [6, 6.07) is 12.2. The van der Waals surface area contributed by atoms with Crippen LogP contribution in [-0.2, 0) is 9.53 Å². The first-order valence-electron chi connectivity index (χ1n) is 7.81. The number of carbonyl (C=O) groups excluding carboxylic acids is 2. The summed E-state index contributed by atoms with van der Waals surface area (Å²) in [7, 11) is 1.27. The average Bonchev–Trinajstić information content (AvgIpc) is 2.61. The van der Waals surface area contributed by atoms with Crippen LogP contribution in [0.25, 0.3) is 0 Å². The van der Waals surface area contributed by atoms with Gasteiger partial charge in [0.25, 0.3) is 5.91 Å². The topological polar surface area (TPSA) is 64.6 Å². The highest BCUT2D eigenvalue weighted by Gasteiger charge is 2.13. The number of halogens is 1. The van der Waals surface area contributed by atoms with Crippen LogP contribution < -0.4 is 10.1 Å². The predicted molar refractivity (Wildman–Crippen MR) is 97.4 cm³/mol. The summed E-state index contributed by atoms with van der Waals surface area (Å²) >= 11 is 5.96. The summed E-state index contributed by atoms with van der Waals surface area (Å²) in [5.41, 5.74) is 1.67. The molecule has 0 unspecified atom stereocenters. The van der Waals surface area contributed by atoms with Crippen molar-refractivity contribution in [3.63, 3.8) is 0 Å². The number of hydrogen-bond donors (Lipinski definition) is 1. The molecule has 0 aliphatic carbocycles. The second kappa shape index (κ2) is 8.53. The van der Waals surface area contributed by atoms with Crippen molar-refractivity contribution < 1.29 is 19.1 Å². The van der Waals surface area contributed by atoms with Gasteiger partial charge >= 0.3 is 5.97 Å². The SMILES string of the molecule is COC(=O)c1cc(NC(=O)COc2ccccc2C(C)C)ccc1Cl. The van der Waals surface area contributed by atoms with Crippen molar-refractivity contribution in [3.05, 3.63) is 58.6 Å². The fraction of sp³-hybridized carbons (Fsp3) is 0.263. The second-order valence-electron chi connectivity index (χ2n) is 5.72. The van der Waals surface area contributed by atoms with Crippen LogP contribution in [-0.4, -0.2) is 25.6 Å². The number of amides is 1. The molecule has 0 saturated carbocycles. The monoisotopic (exact) mass is 361 g/mol. The number of hydrogen-bond acceptors (Lipinski definition) is 4. The van der Waals surface area contributed by atoms with Crippen LogP contribution in [0.15, 0.2) is 42.5 Å². The lowest BCUT2D eigenvalue weighted by molar-refractivity contribution is -0.118. The van der Waals surface area contributed by atoms with Gasteiger partial charge in [0.05, 0.1) is 17.7 Å². The quantitative estimate of drug-likeness (QED) is 0.780. The van der Waals surface area contributed by atoms with E-state index in [1.165, 1.54) is 19.2 Å². The van der Waals surface area contributed by atoms with Gasteiger partial charge in [0.2, 0.25) is 0 Å². The lowest BCUT2D eigenvalue weighted by Crippen LogP contribution is -2.21. The number of anilines is 1. The number of benzene rings is 2. The van der Waals surface area contributed by atoms with Crippen molar-refractivity contribution >= 4 is 29.2 Å². The Morgan fingerprint density at radius 1 is 1.16 bits per heavy atom. The summed E-state index contributed by atoms with van der Waals surface area (Å²) < 4.78 is 10.3. The van der Waals surface area contributed by atoms with Crippen molar-refractivity contribution in [1.29, 1.82) is 0 Å². The maximum Gasteiger partial charge on any atom is 0.339 e. The van der Waals surface area contributed by atoms with Crippen molar-refractivity contribution in [2.45, 2.75) is 19.8 Å². The lowest BCUT2D eigenvalue weighted by Gasteiger charge is -2.14. The number of nitrogens with one attached hydrogen (secondary N) is 1. The molecule has 0 aromatic heterocycles. The largest absolute Gasteiger partial charge is 0.483 e. The molecule has 1 N–H and O–H groups in total. The molecule has 2 rings (SSSR count). The summed E-state index contributed by atoms with van der Waals surface area (Å²) in [5.74, 6) is 0.0667. The maximum absolute atomic E-state index is 12.1. The van der Waals surface area contributed by atoms with E-state index >= 15 is 0 Å². The van der Waals surface area contributed by atoms with Gasteiger partial charge in [-0.1, -0.05) is 43.6 Å². The van der Waals surface area contributed by atoms with Gasteiger partial charge in [-0.05, 0) is 35.7 Å². The average molecular weight is 362 g/mol. The molecule has 0 bridgehead atoms. The fourth-order valence-electron chi connectivity index (χ4n) is 2.30. The molecule has 132 valence electrons. The van der Waals surface area contributed by atoms with Gasteiger partial charge in [0.1, 0.15) is 5.75 Å². The van der Waals surface area contributed by atoms with E-state index in [0.717, 1.165) is 5.56 Å². The van der Waals surface area contributed by atoms with Crippen molar-refractivity contribution in [1.82, 2.24) is 0 Å². The molecule has 0 radical (unpaired) electrons. The Hall–Kier alpha value is -2.53. The van der Waals surface area contributed by atoms with Gasteiger partial charge in [-0.3, -0.25) is 4.79 Å². The molecule has 0 atom stereocenters. The Morgan fingerprint density at radius 3 is 2.56 bits per heavy atom. The third-order valence-corrected chi connectivity index (χ3v) is 3.88. The minimum atomic E-state index is -0.566. The van der Waals surface area contributed by atoms with E-state index in [-0.39, 0.29) is 29.0 Å². The smallest absolute Gasteiger partial charge is 0.339 e. The Labute approximate surface area is 151 Å². The fourth-order valence-corrected chi connectivity index (χ4v) is 2.49. The number of carbonyl (C=O) groups is 2. The lowest BCUT2D eigenvalue weighted by atomic mass is 10.0. The molecule has 5 nitrogen and oxygen atoms in total. The van der Waals surface area contributed by atoms with Crippen molar-refractivity contribution in [2.24, 2.45) is 0 Å². The zero-order valence-electron chi connectivity index (χ0n) is 14.3. The number of ether oxygens (including phenoxy) is 2. The molecule has 0 saturated heterocycles. The van der Waals surface area contributed by atoms with Crippen LogP contribution in [0.4, 0.5) is 5.69 Å². The van der Waals surface area contributed by atoms with Crippen LogP contribution in [0, 0.1) is 0 Å². The van der Waals surface area contributed by atoms with Crippen LogP contribution in [0.1, 0.15) is 35.7 Å². The van der Waals surface area contributed by atoms with E-state index in [1.807, 2.05) is 24.3 Å². The molecular weight excluding hydrogens is 342 g/mol. The third kappa shape index (κ3) is 4.97. The van der Waals surface area contributed by atoms with E-state index in [9.17, 15) is 9.59 Å². The molecule has 2 aromatic rings. The van der Waals surface area contributed by atoms with Crippen LogP contribution in [0.3, 0.4) is 0 Å². The molecule has 25 heavy (non-hydrogen) atoms. The van der Waals surface area contributed by atoms with Gasteiger partial charge in [-0.25, -0.2) is 4.79 Å². The van der Waals surface area contributed by atoms with Gasteiger partial charge in [0, 0.05) is 5.69 Å². The molecule has 0 fully saturated rings. The highest BCUT2D eigenvalue weighted by Crippen LogP contribution is 2.26. The standard InChI is InChI=1S/C19H20ClNO4/c1-12(2)14-6-4-5-7-17(14)25-11-18(22)21-13-8-9-16(20)15(10-13)19(23)24-3/h4-10,12H,11H2,1-3H3,(H,21,22). The van der Waals surface area contributed by atoms with E-state index in [4.69, 9.17) is 16.3 Å². The van der Waals surface area contributed by atoms with Crippen LogP contribution >= 0.6 is 11.6 Å². The predicted octanol–water partition coefficient (Wildman–Crippen LogP) is 4.27. The first-order valence-corrected chi connectivity index (χ1v) is 8.19. The third-order valence-electron chi connectivity index (χ3n) is 3.56. The molecule has 6 heteroatoms. The van der Waals surface area contributed by atoms with Crippen LogP contribution in [0.2, 0.25) is 5.02 Å². The van der Waals surface area contributed by atoms with E-state index in [2.05, 4.69) is 23.9 Å². The number of para-hydroxylation sites is 1. The zero-order chi connectivity index (χ0) is 18.4. The molecule has 0 aliphatic heterocycles. The Bertz CT molecular complexity index is 774. The molecule has 0 aliphatic rings. The van der Waals surface area contributed by atoms with Gasteiger partial charge < -0.3 is 14.8 Å². The normalized spacial score (nSPS) is 10.4. The molecule has 1 amide bonds. The first kappa shape index (κ1) is 18.8. The summed E-state index contributed by atoms with van der Waals surface area (Å²) in [6.07, 6.45) is 0. The molecule has 2 aromatic carbocycles. The highest BCUT2D eigenvalue weighted by atomic mass is 35.5. The maximum atomic E-state index is 12.1. The minimum absolute atomic E-state index is 0.139. The summed E-state index contributed by atoms with van der Waals surface area (Å²) in [5, 5.41) is 2.93. The summed E-state index contributed by atoms with van der Waals surface area (Å²) in [4.78, 5) is 23.8. The molecular formula is C19H20ClNO4. The number of rotatable bonds is 6. The zero-order valence-corrected chi connectivity index (χ0v) is 15.1. The van der Waals surface area contributed by atoms with E-state index in [1.54, 1.807) is 6.07 Å². The number of esters is 1. The van der Waals surface area contributed by atoms with Crippen LogP contribution in [0.5, 0.6) is 5.75 Å². The second-order valence-corrected chi connectivity index (χ2v) is 6.12. The van der Waals surface area contributed by atoms with Crippen molar-refractivity contribution in [3.8, 4) is 5.75 Å². The Balaban J connectivity index is 2.03. The van der Waals surface area contributed by atoms with Crippen molar-refractivity contribution in [2.75, 3.05) is 19.0 Å². The summed E-state index contributed by atoms with van der Waals surface area (Å²) in [6.45, 7) is 3.98. The van der Waals surface area contributed by atoms with E-state index < -0.39 is 5.97 Å². The van der Waals surface area contributed by atoms with Gasteiger partial charge in [-0.15, -0.1) is 0 Å². The molecule has 0 heterocycles. The van der Waals surface area contributed by atoms with E-state index in [0.29, 0.717) is 11.4 Å². The van der Waals surface area contributed by atoms with Gasteiger partial charge in [0.15, 0.2) is 6.61 Å². The Morgan fingerprint density at radius 2 is 1.88 bits per heavy atom. The van der Waals surface area contributed by atoms with Gasteiger partial charge in [-0.2, -0.15) is 0 Å². The Kier molecular flexibility index (Phi) is 6.42. The first-order chi connectivity index (χ1) is 11.9. The number of methoxy groups -OCH3 is 1.